The molecule has 15 atom stereocenters. The zero-order valence-electron chi connectivity index (χ0n) is 50.4. The van der Waals surface area contributed by atoms with E-state index in [9.17, 15) is 43.8 Å². The van der Waals surface area contributed by atoms with Crippen molar-refractivity contribution in [2.75, 3.05) is 47.7 Å². The number of hydrogen-bond donors (Lipinski definition) is 2. The molecule has 4 heterocycles. The molecule has 0 aromatic carbocycles. The number of hydrogen-bond acceptors (Lipinski definition) is 19. The number of ether oxygens (including phenoxy) is 8. The second kappa shape index (κ2) is 32.1. The monoisotopic (exact) mass is 1150 g/mol. The van der Waals surface area contributed by atoms with E-state index < -0.39 is 95.6 Å². The fourth-order valence-electron chi connectivity index (χ4n) is 11.8. The molecule has 1 aromatic heterocycles. The Labute approximate surface area is 483 Å². The molecule has 0 radical (unpaired) electrons. The van der Waals surface area contributed by atoms with Crippen LogP contribution >= 0.6 is 0 Å². The van der Waals surface area contributed by atoms with Gasteiger partial charge in [-0.25, -0.2) is 19.1 Å². The molecule has 1 saturated carbocycles. The predicted octanol–water partition coefficient (Wildman–Crippen LogP) is 6.85. The number of aromatic nitrogens is 3. The molecule has 82 heavy (non-hydrogen) atoms. The van der Waals surface area contributed by atoms with Crippen LogP contribution in [0.25, 0.3) is 0 Å². The Morgan fingerprint density at radius 1 is 0.841 bits per heavy atom. The zero-order valence-corrected chi connectivity index (χ0v) is 50.4. The summed E-state index contributed by atoms with van der Waals surface area (Å²) >= 11 is 0. The van der Waals surface area contributed by atoms with Crippen LogP contribution in [0.2, 0.25) is 0 Å². The topological polar surface area (TPSA) is 268 Å². The molecule has 2 saturated heterocycles. The highest BCUT2D eigenvalue weighted by atomic mass is 16.6. The molecule has 21 nitrogen and oxygen atoms in total. The van der Waals surface area contributed by atoms with Crippen LogP contribution in [0.15, 0.2) is 47.6 Å². The summed E-state index contributed by atoms with van der Waals surface area (Å²) in [6, 6.07) is -1.20. The maximum absolute atomic E-state index is 14.7. The Bertz CT molecular complexity index is 2470. The summed E-state index contributed by atoms with van der Waals surface area (Å²) in [4.78, 5) is 98.5. The normalized spacial score (nSPS) is 34.3. The predicted molar refractivity (Wildman–Crippen MR) is 301 cm³/mol. The average molecular weight is 1150 g/mol. The molecule has 21 heteroatoms. The number of rotatable bonds is 14. The van der Waals surface area contributed by atoms with Crippen LogP contribution < -0.4 is 0 Å². The first kappa shape index (κ1) is 67.5. The molecule has 1 aromatic rings. The van der Waals surface area contributed by atoms with Gasteiger partial charge in [-0.05, 0) is 121 Å². The maximum Gasteiger partial charge on any atom is 0.361 e. The van der Waals surface area contributed by atoms with Crippen molar-refractivity contribution < 1.29 is 81.7 Å². The first-order valence-corrected chi connectivity index (χ1v) is 29.4. The van der Waals surface area contributed by atoms with Gasteiger partial charge in [-0.1, -0.05) is 76.3 Å². The molecule has 1 aliphatic carbocycles. The molecule has 1 amide bonds. The number of amides is 1. The van der Waals surface area contributed by atoms with Crippen molar-refractivity contribution in [3.05, 3.63) is 59.0 Å². The maximum atomic E-state index is 14.7. The van der Waals surface area contributed by atoms with Gasteiger partial charge in [0.25, 0.3) is 11.7 Å². The van der Waals surface area contributed by atoms with Crippen molar-refractivity contribution in [1.29, 1.82) is 0 Å². The number of ketones is 3. The Morgan fingerprint density at radius 3 is 2.24 bits per heavy atom. The number of methoxy groups -OCH3 is 3. The second-order valence-corrected chi connectivity index (χ2v) is 22.9. The van der Waals surface area contributed by atoms with E-state index in [1.807, 2.05) is 51.2 Å². The van der Waals surface area contributed by atoms with Gasteiger partial charge in [0.1, 0.15) is 30.1 Å². The summed E-state index contributed by atoms with van der Waals surface area (Å²) in [7, 11) is 4.52. The van der Waals surface area contributed by atoms with Gasteiger partial charge in [-0.2, -0.15) is 0 Å². The second-order valence-electron chi connectivity index (χ2n) is 22.9. The van der Waals surface area contributed by atoms with Crippen LogP contribution in [-0.4, -0.2) is 174 Å². The average Bonchev–Trinajstić information content (AvgIpc) is 3.89. The standard InChI is InChI=1S/C61H92N4O17/c1-13-78-59(72)51-52(60(73)79-14-2)65(63-62-51)28-29-80-47-26-24-43(33-50(47)76-11)32-39(6)49-35-46(66)38(5)31-41(8)54(68)55(77-12)53(67)40(7)30-36(3)20-16-15-17-21-37(4)48(75-10)34-44-25-23-42(9)61(74,82-44)56(69)57(70)64-27-19-18-22-45(64)58(71)81-49/h15-17,20-21,31,36,38-40,42-45,47-50,54-55,68,74H,13-14,18-19,22-30,32-35H2,1-12H3/b17-15+,20-16+,37-21+,41-31+/t36-,38-,39-,40-,42-,43-,44+,45+,47-,48+,49+,50-,54-,55+,61-/m1/s1. The van der Waals surface area contributed by atoms with Crippen LogP contribution in [0.5, 0.6) is 0 Å². The molecule has 2 bridgehead atoms. The summed E-state index contributed by atoms with van der Waals surface area (Å²) in [6.45, 7) is 16.2. The number of nitrogens with zero attached hydrogens (tertiary/aromatic N) is 4. The molecule has 4 aliphatic rings. The highest BCUT2D eigenvalue weighted by molar-refractivity contribution is 6.39. The first-order chi connectivity index (χ1) is 39.0. The van der Waals surface area contributed by atoms with E-state index in [1.165, 1.54) is 16.7 Å². The first-order valence-electron chi connectivity index (χ1n) is 29.4. The highest BCUT2D eigenvalue weighted by Crippen LogP contribution is 2.38. The Hall–Kier alpha value is -5.29. The van der Waals surface area contributed by atoms with Crippen molar-refractivity contribution in [1.82, 2.24) is 19.9 Å². The summed E-state index contributed by atoms with van der Waals surface area (Å²) in [5.41, 5.74) is 0.820. The Balaban J connectivity index is 1.41. The number of esters is 3. The number of carbonyl (C=O) groups is 7. The van der Waals surface area contributed by atoms with Gasteiger partial charge in [-0.15, -0.1) is 5.10 Å². The van der Waals surface area contributed by atoms with Gasteiger partial charge in [0.2, 0.25) is 11.5 Å². The lowest BCUT2D eigenvalue weighted by Gasteiger charge is -2.42. The van der Waals surface area contributed by atoms with E-state index in [0.717, 1.165) is 5.57 Å². The van der Waals surface area contributed by atoms with E-state index in [0.29, 0.717) is 63.4 Å². The SMILES string of the molecule is CCOC(=O)c1nnn(CCO[C@@H]2CC[C@H](C[C@@H](C)[C@@H]3CC(=O)[C@H](C)/C=C(\C)[C@@H](O)[C@@H](OC)C(=O)[C@H](C)C[C@H](C)/C=C/C=C/C=C(\C)[C@@H](OC)C[C@@H]4CC[C@@H](C)[C@@](O)(O4)C(=O)C(=O)N4CCCC[C@H]4C(=O)O3)C[C@H]2OC)c1C(=O)OCC. The smallest absolute Gasteiger partial charge is 0.361 e. The minimum atomic E-state index is -2.47. The van der Waals surface area contributed by atoms with Gasteiger partial charge in [0.05, 0.1) is 50.8 Å². The van der Waals surface area contributed by atoms with Crippen LogP contribution in [0.4, 0.5) is 0 Å². The van der Waals surface area contributed by atoms with E-state index in [4.69, 9.17) is 37.9 Å². The number of fused-ring (bicyclic) bond motifs is 3. The number of Topliss-reactive ketones (excluding diaryl/α,β-unsaturated/α-hetero) is 3. The Kier molecular flexibility index (Phi) is 26.4. The number of piperidine rings is 1. The van der Waals surface area contributed by atoms with E-state index in [1.54, 1.807) is 61.8 Å². The third-order valence-electron chi connectivity index (χ3n) is 16.8. The molecule has 3 aliphatic heterocycles. The molecule has 0 spiro atoms. The zero-order chi connectivity index (χ0) is 60.4. The minimum absolute atomic E-state index is 0.0107. The van der Waals surface area contributed by atoms with Gasteiger partial charge in [-0.3, -0.25) is 19.2 Å². The number of allylic oxidation sites excluding steroid dienone is 6. The van der Waals surface area contributed by atoms with Crippen LogP contribution in [0, 0.1) is 35.5 Å². The van der Waals surface area contributed by atoms with Gasteiger partial charge >= 0.3 is 17.9 Å². The van der Waals surface area contributed by atoms with E-state index >= 15 is 0 Å². The summed E-state index contributed by atoms with van der Waals surface area (Å²) in [5.74, 6) is -10.1. The van der Waals surface area contributed by atoms with Crippen molar-refractivity contribution in [2.45, 2.75) is 200 Å². The number of cyclic esters (lactones) is 1. The van der Waals surface area contributed by atoms with Crippen molar-refractivity contribution in [3.8, 4) is 0 Å². The third-order valence-corrected chi connectivity index (χ3v) is 16.8. The molecule has 458 valence electrons. The van der Waals surface area contributed by atoms with Crippen LogP contribution in [0.3, 0.4) is 0 Å². The van der Waals surface area contributed by atoms with Crippen molar-refractivity contribution in [3.63, 3.8) is 0 Å². The number of aliphatic hydroxyl groups is 2. The molecular formula is C61H92N4O17. The number of carbonyl (C=O) groups excluding carboxylic acids is 7. The lowest BCUT2D eigenvalue weighted by atomic mass is 9.78. The quantitative estimate of drug-likeness (QED) is 0.0834. The van der Waals surface area contributed by atoms with E-state index in [2.05, 4.69) is 10.3 Å². The van der Waals surface area contributed by atoms with Crippen molar-refractivity contribution in [2.24, 2.45) is 35.5 Å². The minimum Gasteiger partial charge on any atom is -0.461 e. The third kappa shape index (κ3) is 17.6. The van der Waals surface area contributed by atoms with Crippen LogP contribution in [-0.2, 0) is 68.4 Å². The number of aliphatic hydroxyl groups excluding tert-OH is 1. The summed E-state index contributed by atoms with van der Waals surface area (Å²) in [5, 5.41) is 31.6. The van der Waals surface area contributed by atoms with Crippen LogP contribution in [0.1, 0.15) is 160 Å². The fraction of sp³-hybridized carbons (Fsp3) is 0.721. The van der Waals surface area contributed by atoms with Gasteiger partial charge in [0, 0.05) is 58.5 Å². The molecule has 5 rings (SSSR count). The molecule has 2 N–H and O–H groups in total. The summed E-state index contributed by atoms with van der Waals surface area (Å²) in [6.07, 6.45) is 10.7. The van der Waals surface area contributed by atoms with Crippen molar-refractivity contribution >= 4 is 41.2 Å². The summed E-state index contributed by atoms with van der Waals surface area (Å²) < 4.78 is 47.8. The van der Waals surface area contributed by atoms with Gasteiger partial charge < -0.3 is 53.0 Å². The lowest BCUT2D eigenvalue weighted by Crippen LogP contribution is -2.61. The largest absolute Gasteiger partial charge is 0.461 e. The fourth-order valence-corrected chi connectivity index (χ4v) is 11.8. The Morgan fingerprint density at radius 2 is 1.56 bits per heavy atom. The highest BCUT2D eigenvalue weighted by Gasteiger charge is 2.53. The molecular weight excluding hydrogens is 1060 g/mol. The lowest BCUT2D eigenvalue weighted by molar-refractivity contribution is -0.265. The molecule has 3 fully saturated rings. The molecule has 0 unspecified atom stereocenters. The van der Waals surface area contributed by atoms with Gasteiger partial charge in [0.15, 0.2) is 11.5 Å². The van der Waals surface area contributed by atoms with E-state index in [-0.39, 0.29) is 99.2 Å².